The van der Waals surface area contributed by atoms with E-state index in [1.165, 1.54) is 35.3 Å². The number of hydrogen-bond donors (Lipinski definition) is 0. The predicted molar refractivity (Wildman–Crippen MR) is 143 cm³/mol. The number of hydrogen-bond acceptors (Lipinski definition) is 5. The van der Waals surface area contributed by atoms with E-state index in [0.29, 0.717) is 33.6 Å². The van der Waals surface area contributed by atoms with Crippen molar-refractivity contribution in [1.29, 1.82) is 0 Å². The average Bonchev–Trinajstić information content (AvgIpc) is 3.57. The number of benzene rings is 4. The first-order chi connectivity index (χ1) is 18.5. The van der Waals surface area contributed by atoms with Crippen molar-refractivity contribution in [1.82, 2.24) is 18.7 Å². The van der Waals surface area contributed by atoms with Crippen LogP contribution in [0, 0.1) is 5.82 Å². The van der Waals surface area contributed by atoms with Crippen LogP contribution >= 0.6 is 0 Å². The molecule has 38 heavy (non-hydrogen) atoms. The maximum atomic E-state index is 14.1. The van der Waals surface area contributed by atoms with Crippen LogP contribution in [0.25, 0.3) is 39.4 Å². The Hall–Kier alpha value is -4.76. The van der Waals surface area contributed by atoms with Crippen LogP contribution in [0.1, 0.15) is 0 Å². The van der Waals surface area contributed by atoms with Crippen molar-refractivity contribution in [2.75, 3.05) is 7.11 Å². The van der Waals surface area contributed by atoms with Gasteiger partial charge in [-0.15, -0.1) is 0 Å². The molecule has 4 aromatic carbocycles. The van der Waals surface area contributed by atoms with Crippen molar-refractivity contribution < 1.29 is 17.5 Å². The lowest BCUT2D eigenvalue weighted by Crippen LogP contribution is -2.14. The summed E-state index contributed by atoms with van der Waals surface area (Å²) >= 11 is 0. The van der Waals surface area contributed by atoms with E-state index in [1.807, 2.05) is 30.3 Å². The Balaban J connectivity index is 1.64. The summed E-state index contributed by atoms with van der Waals surface area (Å²) in [7, 11) is -2.57. The summed E-state index contributed by atoms with van der Waals surface area (Å²) in [5, 5.41) is 4.78. The monoisotopic (exact) mass is 524 g/mol. The minimum atomic E-state index is -4.09. The molecule has 0 fully saturated rings. The zero-order chi connectivity index (χ0) is 26.3. The number of imidazole rings is 1. The Labute approximate surface area is 218 Å². The smallest absolute Gasteiger partial charge is 0.269 e. The highest BCUT2D eigenvalue weighted by atomic mass is 32.2. The molecule has 0 aliphatic carbocycles. The third kappa shape index (κ3) is 4.03. The lowest BCUT2D eigenvalue weighted by Gasteiger charge is -2.11. The van der Waals surface area contributed by atoms with Gasteiger partial charge in [-0.3, -0.25) is 0 Å². The minimum Gasteiger partial charge on any atom is -0.497 e. The van der Waals surface area contributed by atoms with E-state index in [4.69, 9.17) is 14.8 Å². The van der Waals surface area contributed by atoms with Crippen molar-refractivity contribution in [3.8, 4) is 34.1 Å². The summed E-state index contributed by atoms with van der Waals surface area (Å²) in [4.78, 5) is 4.84. The summed E-state index contributed by atoms with van der Waals surface area (Å²) in [6, 6.07) is 28.6. The van der Waals surface area contributed by atoms with Gasteiger partial charge < -0.3 is 4.74 Å². The fourth-order valence-corrected chi connectivity index (χ4v) is 5.81. The molecule has 6 aromatic rings. The summed E-state index contributed by atoms with van der Waals surface area (Å²) in [6.45, 7) is 0. The third-order valence-electron chi connectivity index (χ3n) is 6.21. The SMILES string of the molecule is COc1ccc(S(=O)(=O)n2c(-c3cn(-c4ccccc4)nc3-c3ccc(F)cc3)nc3ccccc32)cc1. The van der Waals surface area contributed by atoms with Gasteiger partial charge >= 0.3 is 0 Å². The van der Waals surface area contributed by atoms with E-state index < -0.39 is 10.0 Å². The zero-order valence-corrected chi connectivity index (χ0v) is 21.0. The Kier molecular flexibility index (Phi) is 5.77. The molecule has 0 aliphatic rings. The van der Waals surface area contributed by atoms with Crippen LogP contribution in [0.2, 0.25) is 0 Å². The molecule has 0 spiro atoms. The summed E-state index contributed by atoms with van der Waals surface area (Å²) in [5.41, 5.74) is 3.29. The highest BCUT2D eigenvalue weighted by Crippen LogP contribution is 2.36. The van der Waals surface area contributed by atoms with E-state index >= 15 is 0 Å². The topological polar surface area (TPSA) is 79.0 Å². The number of aromatic nitrogens is 4. The number of halogens is 1. The molecule has 0 bridgehead atoms. The van der Waals surface area contributed by atoms with Crippen LogP contribution in [0.15, 0.2) is 114 Å². The second-order valence-electron chi connectivity index (χ2n) is 8.55. The Morgan fingerprint density at radius 2 is 1.50 bits per heavy atom. The van der Waals surface area contributed by atoms with Gasteiger partial charge in [-0.2, -0.15) is 5.10 Å². The molecule has 188 valence electrons. The first-order valence-electron chi connectivity index (χ1n) is 11.7. The molecule has 0 saturated carbocycles. The van der Waals surface area contributed by atoms with E-state index in [9.17, 15) is 12.8 Å². The summed E-state index contributed by atoms with van der Waals surface area (Å²) < 4.78 is 50.0. The van der Waals surface area contributed by atoms with Crippen molar-refractivity contribution in [2.24, 2.45) is 0 Å². The molecular formula is C29H21FN4O3S. The fraction of sp³-hybridized carbons (Fsp3) is 0.0345. The van der Waals surface area contributed by atoms with Crippen LogP contribution in [0.5, 0.6) is 5.75 Å². The Morgan fingerprint density at radius 1 is 0.816 bits per heavy atom. The maximum absolute atomic E-state index is 14.1. The van der Waals surface area contributed by atoms with Gasteiger partial charge in [-0.25, -0.2) is 26.4 Å². The number of nitrogens with zero attached hydrogens (tertiary/aromatic N) is 4. The van der Waals surface area contributed by atoms with Gasteiger partial charge in [-0.1, -0.05) is 30.3 Å². The van der Waals surface area contributed by atoms with E-state index in [0.717, 1.165) is 5.69 Å². The first-order valence-corrected chi connectivity index (χ1v) is 13.2. The van der Waals surface area contributed by atoms with Crippen molar-refractivity contribution in [3.63, 3.8) is 0 Å². The maximum Gasteiger partial charge on any atom is 0.269 e. The van der Waals surface area contributed by atoms with Crippen LogP contribution < -0.4 is 4.74 Å². The van der Waals surface area contributed by atoms with E-state index in [2.05, 4.69) is 0 Å². The van der Waals surface area contributed by atoms with Crippen LogP contribution in [-0.4, -0.2) is 34.3 Å². The predicted octanol–water partition coefficient (Wildman–Crippen LogP) is 5.94. The zero-order valence-electron chi connectivity index (χ0n) is 20.2. The molecule has 2 aromatic heterocycles. The molecule has 0 radical (unpaired) electrons. The van der Waals surface area contributed by atoms with E-state index in [1.54, 1.807) is 59.4 Å². The number of methoxy groups -OCH3 is 1. The highest BCUT2D eigenvalue weighted by molar-refractivity contribution is 7.90. The molecule has 9 heteroatoms. The van der Waals surface area contributed by atoms with Crippen molar-refractivity contribution in [2.45, 2.75) is 4.90 Å². The Bertz CT molecular complexity index is 1860. The Morgan fingerprint density at radius 3 is 2.21 bits per heavy atom. The van der Waals surface area contributed by atoms with Crippen molar-refractivity contribution >= 4 is 21.1 Å². The molecule has 0 unspecified atom stereocenters. The number of para-hydroxylation sites is 3. The van der Waals surface area contributed by atoms with Gasteiger partial charge in [-0.05, 0) is 72.8 Å². The second kappa shape index (κ2) is 9.28. The van der Waals surface area contributed by atoms with Gasteiger partial charge in [0.1, 0.15) is 17.3 Å². The van der Waals surface area contributed by atoms with Crippen LogP contribution in [-0.2, 0) is 10.0 Å². The minimum absolute atomic E-state index is 0.0847. The molecule has 2 heterocycles. The largest absolute Gasteiger partial charge is 0.497 e. The van der Waals surface area contributed by atoms with Gasteiger partial charge in [0.25, 0.3) is 10.0 Å². The first kappa shape index (κ1) is 23.6. The van der Waals surface area contributed by atoms with Gasteiger partial charge in [0, 0.05) is 11.8 Å². The summed E-state index contributed by atoms with van der Waals surface area (Å²) in [5.74, 6) is 0.359. The molecule has 0 atom stereocenters. The number of ether oxygens (including phenoxy) is 1. The molecule has 0 aliphatic heterocycles. The molecule has 0 amide bonds. The molecular weight excluding hydrogens is 503 g/mol. The molecule has 0 N–H and O–H groups in total. The molecule has 7 nitrogen and oxygen atoms in total. The normalized spacial score (nSPS) is 11.6. The average molecular weight is 525 g/mol. The third-order valence-corrected chi connectivity index (χ3v) is 7.93. The van der Waals surface area contributed by atoms with Crippen LogP contribution in [0.4, 0.5) is 4.39 Å². The lowest BCUT2D eigenvalue weighted by molar-refractivity contribution is 0.414. The quantitative estimate of drug-likeness (QED) is 0.269. The molecule has 6 rings (SSSR count). The van der Waals surface area contributed by atoms with Crippen molar-refractivity contribution in [3.05, 3.63) is 115 Å². The lowest BCUT2D eigenvalue weighted by atomic mass is 10.1. The van der Waals surface area contributed by atoms with E-state index in [-0.39, 0.29) is 16.5 Å². The fourth-order valence-electron chi connectivity index (χ4n) is 4.34. The second-order valence-corrected chi connectivity index (χ2v) is 10.3. The summed E-state index contributed by atoms with van der Waals surface area (Å²) in [6.07, 6.45) is 1.75. The van der Waals surface area contributed by atoms with Gasteiger partial charge in [0.05, 0.1) is 34.3 Å². The van der Waals surface area contributed by atoms with Gasteiger partial charge in [0.2, 0.25) is 0 Å². The number of fused-ring (bicyclic) bond motifs is 1. The van der Waals surface area contributed by atoms with Gasteiger partial charge in [0.15, 0.2) is 5.82 Å². The standard InChI is InChI=1S/C29H21FN4O3S/c1-37-23-15-17-24(18-16-23)38(35,36)34-27-10-6-5-9-26(27)31-29(34)25-19-33(22-7-3-2-4-8-22)32-28(25)20-11-13-21(30)14-12-20/h2-19H,1H3. The number of rotatable bonds is 6. The highest BCUT2D eigenvalue weighted by Gasteiger charge is 2.28. The molecule has 0 saturated heterocycles. The van der Waals surface area contributed by atoms with Crippen LogP contribution in [0.3, 0.4) is 0 Å².